The predicted molar refractivity (Wildman–Crippen MR) is 94.2 cm³/mol. The Hall–Kier alpha value is -1.98. The molecule has 0 unspecified atom stereocenters. The molecule has 1 aliphatic heterocycles. The highest BCUT2D eigenvalue weighted by atomic mass is 79.9. The number of halogens is 1. The van der Waals surface area contributed by atoms with Gasteiger partial charge in [0.15, 0.2) is 0 Å². The fraction of sp³-hybridized carbons (Fsp3) is 0.222. The lowest BCUT2D eigenvalue weighted by atomic mass is 9.94. The van der Waals surface area contributed by atoms with Crippen molar-refractivity contribution in [3.8, 4) is 11.5 Å². The van der Waals surface area contributed by atoms with Gasteiger partial charge in [0.25, 0.3) is 0 Å². The van der Waals surface area contributed by atoms with E-state index in [1.165, 1.54) is 10.9 Å². The second-order valence-electron chi connectivity index (χ2n) is 5.77. The summed E-state index contributed by atoms with van der Waals surface area (Å²) in [4.78, 5) is 3.52. The van der Waals surface area contributed by atoms with Crippen molar-refractivity contribution in [2.45, 2.75) is 12.5 Å². The minimum Gasteiger partial charge on any atom is -0.508 e. The first-order valence-corrected chi connectivity index (χ1v) is 8.37. The van der Waals surface area contributed by atoms with Gasteiger partial charge in [-0.15, -0.1) is 0 Å². The summed E-state index contributed by atoms with van der Waals surface area (Å²) in [5.41, 5.74) is 4.38. The molecule has 0 saturated carbocycles. The number of aromatic hydroxyl groups is 1. The highest BCUT2D eigenvalue weighted by Gasteiger charge is 2.27. The van der Waals surface area contributed by atoms with Gasteiger partial charge in [-0.3, -0.25) is 0 Å². The first-order chi connectivity index (χ1) is 11.2. The zero-order valence-electron chi connectivity index (χ0n) is 12.7. The van der Waals surface area contributed by atoms with E-state index in [0.717, 1.165) is 40.0 Å². The van der Waals surface area contributed by atoms with Crippen molar-refractivity contribution in [1.82, 2.24) is 10.3 Å². The average Bonchev–Trinajstić information content (AvgIpc) is 2.95. The number of aromatic amines is 1. The highest BCUT2D eigenvalue weighted by molar-refractivity contribution is 9.10. The molecule has 0 aliphatic carbocycles. The standard InChI is InChI=1S/C18H17BrN2O2/c1-23-11-3-4-15-13(9-11)12-6-7-20-17(18(12)21-15)14-8-10(19)2-5-16(14)22/h2-5,8-9,17,20-22H,6-7H2,1H3/t17-/m0/s1. The summed E-state index contributed by atoms with van der Waals surface area (Å²) in [5.74, 6) is 1.16. The van der Waals surface area contributed by atoms with Crippen molar-refractivity contribution in [2.75, 3.05) is 13.7 Å². The summed E-state index contributed by atoms with van der Waals surface area (Å²) < 4.78 is 6.31. The van der Waals surface area contributed by atoms with E-state index in [1.807, 2.05) is 24.3 Å². The number of methoxy groups -OCH3 is 1. The number of phenolic OH excluding ortho intramolecular Hbond substituents is 1. The van der Waals surface area contributed by atoms with Crippen molar-refractivity contribution in [1.29, 1.82) is 0 Å². The number of ether oxygens (including phenoxy) is 1. The van der Waals surface area contributed by atoms with Crippen LogP contribution in [0, 0.1) is 0 Å². The van der Waals surface area contributed by atoms with E-state index < -0.39 is 0 Å². The zero-order valence-corrected chi connectivity index (χ0v) is 14.3. The number of aromatic nitrogens is 1. The molecule has 4 rings (SSSR count). The molecule has 0 radical (unpaired) electrons. The SMILES string of the molecule is COc1ccc2[nH]c3c(c2c1)CCN[C@H]3c1cc(Br)ccc1O. The molecule has 1 aromatic heterocycles. The second-order valence-corrected chi connectivity index (χ2v) is 6.68. The Balaban J connectivity index is 1.90. The number of hydrogen-bond acceptors (Lipinski definition) is 3. The first kappa shape index (κ1) is 14.6. The van der Waals surface area contributed by atoms with Crippen LogP contribution in [0.4, 0.5) is 0 Å². The molecule has 1 aliphatic rings. The Morgan fingerprint density at radius 2 is 2.09 bits per heavy atom. The maximum absolute atomic E-state index is 10.3. The zero-order chi connectivity index (χ0) is 16.0. The van der Waals surface area contributed by atoms with Gasteiger partial charge in [-0.25, -0.2) is 0 Å². The van der Waals surface area contributed by atoms with Gasteiger partial charge in [0.05, 0.1) is 13.2 Å². The Bertz CT molecular complexity index is 888. The number of hydrogen-bond donors (Lipinski definition) is 3. The number of H-pyrrole nitrogens is 1. The highest BCUT2D eigenvalue weighted by Crippen LogP contribution is 2.38. The minimum absolute atomic E-state index is 0.0466. The summed E-state index contributed by atoms with van der Waals surface area (Å²) in [5, 5.41) is 15.0. The molecular weight excluding hydrogens is 356 g/mol. The van der Waals surface area contributed by atoms with Crippen LogP contribution in [0.15, 0.2) is 40.9 Å². The molecule has 0 fully saturated rings. The van der Waals surface area contributed by atoms with E-state index in [1.54, 1.807) is 13.2 Å². The van der Waals surface area contributed by atoms with Gasteiger partial charge < -0.3 is 20.1 Å². The van der Waals surface area contributed by atoms with Crippen LogP contribution in [0.5, 0.6) is 11.5 Å². The van der Waals surface area contributed by atoms with Crippen molar-refractivity contribution >= 4 is 26.8 Å². The minimum atomic E-state index is -0.0466. The fourth-order valence-electron chi connectivity index (χ4n) is 3.36. The Morgan fingerprint density at radius 1 is 1.22 bits per heavy atom. The van der Waals surface area contributed by atoms with Gasteiger partial charge in [-0.05, 0) is 48.4 Å². The van der Waals surface area contributed by atoms with Crippen LogP contribution in [0.2, 0.25) is 0 Å². The summed E-state index contributed by atoms with van der Waals surface area (Å²) in [6.07, 6.45) is 0.952. The second kappa shape index (κ2) is 5.58. The van der Waals surface area contributed by atoms with E-state index in [9.17, 15) is 5.11 Å². The molecule has 3 N–H and O–H groups in total. The summed E-state index contributed by atoms with van der Waals surface area (Å²) in [6, 6.07) is 11.6. The van der Waals surface area contributed by atoms with Crippen molar-refractivity contribution < 1.29 is 9.84 Å². The molecular formula is C18H17BrN2O2. The van der Waals surface area contributed by atoms with Gasteiger partial charge in [0.2, 0.25) is 0 Å². The topological polar surface area (TPSA) is 57.3 Å². The van der Waals surface area contributed by atoms with Crippen LogP contribution in [0.1, 0.15) is 22.9 Å². The van der Waals surface area contributed by atoms with Crippen LogP contribution >= 0.6 is 15.9 Å². The van der Waals surface area contributed by atoms with E-state index in [2.05, 4.69) is 32.3 Å². The molecule has 0 amide bonds. The molecule has 5 heteroatoms. The summed E-state index contributed by atoms with van der Waals surface area (Å²) >= 11 is 3.49. The molecule has 0 saturated heterocycles. The Labute approximate surface area is 142 Å². The van der Waals surface area contributed by atoms with Crippen LogP contribution in [-0.4, -0.2) is 23.7 Å². The molecule has 1 atom stereocenters. The third-order valence-corrected chi connectivity index (χ3v) is 4.95. The van der Waals surface area contributed by atoms with Gasteiger partial charge in [-0.2, -0.15) is 0 Å². The number of nitrogens with one attached hydrogen (secondary N) is 2. The molecule has 2 heterocycles. The smallest absolute Gasteiger partial charge is 0.120 e. The summed E-state index contributed by atoms with van der Waals surface area (Å²) in [6.45, 7) is 0.869. The van der Waals surface area contributed by atoms with Crippen molar-refractivity contribution in [3.05, 3.63) is 57.7 Å². The molecule has 0 bridgehead atoms. The Morgan fingerprint density at radius 3 is 2.91 bits per heavy atom. The lowest BCUT2D eigenvalue weighted by Crippen LogP contribution is -2.30. The van der Waals surface area contributed by atoms with Gasteiger partial charge >= 0.3 is 0 Å². The van der Waals surface area contributed by atoms with E-state index in [-0.39, 0.29) is 6.04 Å². The molecule has 4 nitrogen and oxygen atoms in total. The van der Waals surface area contributed by atoms with Crippen molar-refractivity contribution in [2.24, 2.45) is 0 Å². The molecule has 0 spiro atoms. The van der Waals surface area contributed by atoms with Crippen LogP contribution in [-0.2, 0) is 6.42 Å². The molecule has 118 valence electrons. The third-order valence-electron chi connectivity index (χ3n) is 4.46. The quantitative estimate of drug-likeness (QED) is 0.639. The maximum atomic E-state index is 10.3. The fourth-order valence-corrected chi connectivity index (χ4v) is 3.73. The number of benzene rings is 2. The third kappa shape index (κ3) is 2.40. The normalized spacial score (nSPS) is 17.2. The largest absolute Gasteiger partial charge is 0.508 e. The lowest BCUT2D eigenvalue weighted by molar-refractivity contribution is 0.415. The first-order valence-electron chi connectivity index (χ1n) is 7.57. The van der Waals surface area contributed by atoms with Crippen LogP contribution in [0.25, 0.3) is 10.9 Å². The van der Waals surface area contributed by atoms with E-state index in [0.29, 0.717) is 5.75 Å². The number of fused-ring (bicyclic) bond motifs is 3. The van der Waals surface area contributed by atoms with Crippen LogP contribution < -0.4 is 10.1 Å². The lowest BCUT2D eigenvalue weighted by Gasteiger charge is -2.25. The van der Waals surface area contributed by atoms with Gasteiger partial charge in [0.1, 0.15) is 11.5 Å². The van der Waals surface area contributed by atoms with Gasteiger partial charge in [-0.1, -0.05) is 15.9 Å². The summed E-state index contributed by atoms with van der Waals surface area (Å²) in [7, 11) is 1.68. The predicted octanol–water partition coefficient (Wildman–Crippen LogP) is 3.88. The molecule has 3 aromatic rings. The number of phenols is 1. The maximum Gasteiger partial charge on any atom is 0.120 e. The van der Waals surface area contributed by atoms with Crippen molar-refractivity contribution in [3.63, 3.8) is 0 Å². The van der Waals surface area contributed by atoms with E-state index in [4.69, 9.17) is 4.74 Å². The monoisotopic (exact) mass is 372 g/mol. The van der Waals surface area contributed by atoms with Gasteiger partial charge in [0, 0.05) is 33.2 Å². The molecule has 23 heavy (non-hydrogen) atoms. The van der Waals surface area contributed by atoms with E-state index >= 15 is 0 Å². The Kier molecular flexibility index (Phi) is 3.54. The van der Waals surface area contributed by atoms with Crippen LogP contribution in [0.3, 0.4) is 0 Å². The number of rotatable bonds is 2. The average molecular weight is 373 g/mol. The molecule has 2 aromatic carbocycles.